The van der Waals surface area contributed by atoms with E-state index < -0.39 is 11.9 Å². The summed E-state index contributed by atoms with van der Waals surface area (Å²) in [6.45, 7) is 1.82. The molecule has 0 fully saturated rings. The van der Waals surface area contributed by atoms with Crippen LogP contribution in [0.4, 0.5) is 10.2 Å². The molecule has 5 rings (SSSR count). The lowest BCUT2D eigenvalue weighted by Gasteiger charge is -2.16. The Kier molecular flexibility index (Phi) is 4.44. The summed E-state index contributed by atoms with van der Waals surface area (Å²) in [7, 11) is 1.78. The molecule has 0 aliphatic rings. The molecule has 0 unspecified atom stereocenters. The molecule has 0 saturated heterocycles. The fourth-order valence-electron chi connectivity index (χ4n) is 3.48. The zero-order valence-electron chi connectivity index (χ0n) is 16.5. The molecule has 4 heterocycles. The minimum Gasteiger partial charge on any atom is -0.482 e. The number of anilines is 1. The van der Waals surface area contributed by atoms with Crippen LogP contribution in [0.1, 0.15) is 18.9 Å². The number of nitrogens with two attached hydrogens (primary N) is 1. The molecular formula is C20H16ClFN8O. The molecule has 0 spiro atoms. The molecule has 0 aliphatic carbocycles. The molecule has 0 saturated carbocycles. The fourth-order valence-corrected chi connectivity index (χ4v) is 3.70. The minimum absolute atomic E-state index is 0.185. The van der Waals surface area contributed by atoms with Gasteiger partial charge in [-0.3, -0.25) is 4.68 Å². The summed E-state index contributed by atoms with van der Waals surface area (Å²) in [6.07, 6.45) is 5.50. The van der Waals surface area contributed by atoms with E-state index in [9.17, 15) is 0 Å². The normalized spacial score (nSPS) is 12.5. The molecule has 4 aromatic heterocycles. The van der Waals surface area contributed by atoms with E-state index in [1.807, 2.05) is 6.92 Å². The smallest absolute Gasteiger partial charge is 0.191 e. The topological polar surface area (TPSA) is 109 Å². The average Bonchev–Trinajstić information content (AvgIpc) is 3.35. The molecule has 5 aromatic rings. The number of benzene rings is 1. The fraction of sp³-hybridized carbons (Fsp3) is 0.150. The third-order valence-corrected chi connectivity index (χ3v) is 5.21. The van der Waals surface area contributed by atoms with Crippen molar-refractivity contribution < 1.29 is 9.13 Å². The second-order valence-electron chi connectivity index (χ2n) is 6.96. The van der Waals surface area contributed by atoms with Crippen molar-refractivity contribution >= 4 is 33.8 Å². The van der Waals surface area contributed by atoms with Crippen LogP contribution < -0.4 is 10.5 Å². The van der Waals surface area contributed by atoms with E-state index in [1.165, 1.54) is 17.0 Å². The van der Waals surface area contributed by atoms with Crippen molar-refractivity contribution in [2.75, 3.05) is 5.73 Å². The van der Waals surface area contributed by atoms with Gasteiger partial charge in [0.05, 0.1) is 22.1 Å². The van der Waals surface area contributed by atoms with Gasteiger partial charge >= 0.3 is 0 Å². The minimum atomic E-state index is -0.511. The number of rotatable bonds is 4. The van der Waals surface area contributed by atoms with Crippen LogP contribution in [0.15, 0.2) is 43.2 Å². The lowest BCUT2D eigenvalue weighted by atomic mass is 10.0. The van der Waals surface area contributed by atoms with Gasteiger partial charge in [0.2, 0.25) is 0 Å². The molecule has 156 valence electrons. The predicted molar refractivity (Wildman–Crippen MR) is 113 cm³/mol. The van der Waals surface area contributed by atoms with Gasteiger partial charge in [-0.05, 0) is 25.1 Å². The highest BCUT2D eigenvalue weighted by molar-refractivity contribution is 6.33. The first-order chi connectivity index (χ1) is 14.9. The van der Waals surface area contributed by atoms with E-state index in [-0.39, 0.29) is 16.4 Å². The Morgan fingerprint density at radius 2 is 2.00 bits per heavy atom. The largest absolute Gasteiger partial charge is 0.482 e. The monoisotopic (exact) mass is 438 g/mol. The van der Waals surface area contributed by atoms with Crippen LogP contribution in [-0.2, 0) is 7.05 Å². The molecule has 0 bridgehead atoms. The van der Waals surface area contributed by atoms with E-state index in [1.54, 1.807) is 42.5 Å². The van der Waals surface area contributed by atoms with Crippen molar-refractivity contribution in [1.29, 1.82) is 0 Å². The molecule has 2 N–H and O–H groups in total. The zero-order valence-corrected chi connectivity index (χ0v) is 17.2. The maximum absolute atomic E-state index is 15.3. The van der Waals surface area contributed by atoms with Gasteiger partial charge in [0.1, 0.15) is 29.7 Å². The van der Waals surface area contributed by atoms with Crippen molar-refractivity contribution in [3.8, 4) is 16.9 Å². The molecule has 1 atom stereocenters. The summed E-state index contributed by atoms with van der Waals surface area (Å²) in [5.74, 6) is 0.665. The van der Waals surface area contributed by atoms with Crippen LogP contribution in [0.3, 0.4) is 0 Å². The Bertz CT molecular complexity index is 1450. The first-order valence-corrected chi connectivity index (χ1v) is 9.69. The van der Waals surface area contributed by atoms with Crippen molar-refractivity contribution in [3.05, 3.63) is 59.9 Å². The van der Waals surface area contributed by atoms with Gasteiger partial charge in [-0.1, -0.05) is 11.6 Å². The Morgan fingerprint density at radius 1 is 1.16 bits per heavy atom. The van der Waals surface area contributed by atoms with Crippen LogP contribution in [0.25, 0.3) is 27.5 Å². The highest BCUT2D eigenvalue weighted by Crippen LogP contribution is 2.39. The van der Waals surface area contributed by atoms with Gasteiger partial charge in [-0.15, -0.1) is 0 Å². The molecule has 0 radical (unpaired) electrons. The number of aromatic nitrogens is 7. The number of nitrogens with zero attached hydrogens (tertiary/aromatic N) is 7. The number of pyridine rings is 1. The molecule has 0 aliphatic heterocycles. The quantitative estimate of drug-likeness (QED) is 0.456. The molecule has 1 aromatic carbocycles. The highest BCUT2D eigenvalue weighted by atomic mass is 35.5. The van der Waals surface area contributed by atoms with E-state index in [0.717, 1.165) is 0 Å². The lowest BCUT2D eigenvalue weighted by Crippen LogP contribution is -2.07. The first-order valence-electron chi connectivity index (χ1n) is 9.31. The molecule has 31 heavy (non-hydrogen) atoms. The van der Waals surface area contributed by atoms with Crippen LogP contribution >= 0.6 is 11.6 Å². The van der Waals surface area contributed by atoms with Gasteiger partial charge in [-0.25, -0.2) is 23.9 Å². The zero-order chi connectivity index (χ0) is 21.7. The number of hydrogen-bond acceptors (Lipinski definition) is 7. The highest BCUT2D eigenvalue weighted by Gasteiger charge is 2.21. The second kappa shape index (κ2) is 7.17. The number of nitrogen functional groups attached to an aromatic ring is 1. The van der Waals surface area contributed by atoms with E-state index in [4.69, 9.17) is 22.1 Å². The van der Waals surface area contributed by atoms with E-state index in [2.05, 4.69) is 25.1 Å². The standard InChI is InChI=1S/C20H16ClFN8O/c1-10(20-26-9-29(2)28-20)31-14-4-3-12(17-15(14)19(23)25-8-24-17)11-5-6-30-18(16(11)22)13(21)7-27-30/h3-10H,1-2H3,(H2,23,24,25)/t10-/m1/s1. The molecule has 0 amide bonds. The van der Waals surface area contributed by atoms with Gasteiger partial charge in [-0.2, -0.15) is 10.2 Å². The summed E-state index contributed by atoms with van der Waals surface area (Å²) in [6, 6.07) is 5.04. The molecular weight excluding hydrogens is 423 g/mol. The third kappa shape index (κ3) is 3.12. The summed E-state index contributed by atoms with van der Waals surface area (Å²) >= 11 is 6.12. The van der Waals surface area contributed by atoms with Gasteiger partial charge in [0.15, 0.2) is 17.7 Å². The van der Waals surface area contributed by atoms with E-state index >= 15 is 4.39 Å². The summed E-state index contributed by atoms with van der Waals surface area (Å²) in [4.78, 5) is 12.7. The third-order valence-electron chi connectivity index (χ3n) is 4.93. The van der Waals surface area contributed by atoms with Crippen molar-refractivity contribution in [3.63, 3.8) is 0 Å². The lowest BCUT2D eigenvalue weighted by molar-refractivity contribution is 0.219. The van der Waals surface area contributed by atoms with Crippen molar-refractivity contribution in [2.24, 2.45) is 7.05 Å². The summed E-state index contributed by atoms with van der Waals surface area (Å²) in [5.41, 5.74) is 7.63. The Labute approximate surface area is 180 Å². The molecule has 9 nitrogen and oxygen atoms in total. The maximum atomic E-state index is 15.3. The van der Waals surface area contributed by atoms with Gasteiger partial charge < -0.3 is 10.5 Å². The maximum Gasteiger partial charge on any atom is 0.191 e. The number of halogens is 2. The second-order valence-corrected chi connectivity index (χ2v) is 7.37. The number of hydrogen-bond donors (Lipinski definition) is 1. The summed E-state index contributed by atoms with van der Waals surface area (Å²) in [5, 5.41) is 8.99. The van der Waals surface area contributed by atoms with E-state index in [0.29, 0.717) is 33.6 Å². The first kappa shape index (κ1) is 19.2. The predicted octanol–water partition coefficient (Wildman–Crippen LogP) is 3.59. The van der Waals surface area contributed by atoms with Crippen LogP contribution in [-0.4, -0.2) is 34.3 Å². The number of aryl methyl sites for hydroxylation is 1. The summed E-state index contributed by atoms with van der Waals surface area (Å²) < 4.78 is 24.4. The average molecular weight is 439 g/mol. The van der Waals surface area contributed by atoms with Gasteiger partial charge in [0.25, 0.3) is 0 Å². The van der Waals surface area contributed by atoms with Crippen molar-refractivity contribution in [2.45, 2.75) is 13.0 Å². The Hall–Kier alpha value is -3.79. The van der Waals surface area contributed by atoms with Crippen LogP contribution in [0.5, 0.6) is 5.75 Å². The Morgan fingerprint density at radius 3 is 2.77 bits per heavy atom. The Balaban J connectivity index is 1.67. The number of ether oxygens (including phenoxy) is 1. The van der Waals surface area contributed by atoms with Gasteiger partial charge in [0, 0.05) is 24.4 Å². The number of fused-ring (bicyclic) bond motifs is 2. The van der Waals surface area contributed by atoms with Crippen LogP contribution in [0, 0.1) is 5.82 Å². The SMILES string of the molecule is C[C@@H](Oc1ccc(-c2ccn3ncc(Cl)c3c2F)c2ncnc(N)c12)c1ncn(C)n1. The van der Waals surface area contributed by atoms with Crippen molar-refractivity contribution in [1.82, 2.24) is 34.3 Å². The molecule has 11 heteroatoms. The van der Waals surface area contributed by atoms with Crippen LogP contribution in [0.2, 0.25) is 5.02 Å².